The zero-order chi connectivity index (χ0) is 16.9. The number of amides is 2. The van der Waals surface area contributed by atoms with E-state index in [2.05, 4.69) is 22.6 Å². The Hall–Kier alpha value is -1.92. The van der Waals surface area contributed by atoms with Gasteiger partial charge in [0.15, 0.2) is 0 Å². The largest absolute Gasteiger partial charge is 0.340 e. The van der Waals surface area contributed by atoms with Gasteiger partial charge in [0.05, 0.1) is 12.5 Å². The zero-order valence-electron chi connectivity index (χ0n) is 14.3. The molecule has 1 aromatic carbocycles. The summed E-state index contributed by atoms with van der Waals surface area (Å²) < 4.78 is 0. The van der Waals surface area contributed by atoms with E-state index in [-0.39, 0.29) is 17.9 Å². The summed E-state index contributed by atoms with van der Waals surface area (Å²) in [5.41, 5.74) is 1.70. The van der Waals surface area contributed by atoms with Crippen LogP contribution in [-0.2, 0) is 16.0 Å². The highest BCUT2D eigenvalue weighted by atomic mass is 16.2. The van der Waals surface area contributed by atoms with Crippen molar-refractivity contribution in [3.8, 4) is 0 Å². The number of benzene rings is 1. The summed E-state index contributed by atoms with van der Waals surface area (Å²) in [4.78, 5) is 28.8. The fraction of sp³-hybridized carbons (Fsp3) is 0.556. The molecule has 0 aliphatic carbocycles. The molecule has 2 aliphatic rings. The van der Waals surface area contributed by atoms with Crippen molar-refractivity contribution in [2.45, 2.75) is 25.3 Å². The minimum atomic E-state index is -0.0966. The van der Waals surface area contributed by atoms with Gasteiger partial charge in [-0.2, -0.15) is 0 Å². The third-order valence-electron chi connectivity index (χ3n) is 4.78. The molecular formula is C18H26N4O2. The van der Waals surface area contributed by atoms with E-state index in [0.717, 1.165) is 56.8 Å². The van der Waals surface area contributed by atoms with Crippen LogP contribution in [-0.4, -0.2) is 67.4 Å². The molecule has 2 heterocycles. The van der Waals surface area contributed by atoms with Crippen LogP contribution in [0.2, 0.25) is 0 Å². The number of nitrogens with one attached hydrogen (secondary N) is 2. The number of hydrogen-bond acceptors (Lipinski definition) is 4. The lowest BCUT2D eigenvalue weighted by Gasteiger charge is -2.32. The van der Waals surface area contributed by atoms with Crippen molar-refractivity contribution in [2.75, 3.05) is 45.1 Å². The maximum atomic E-state index is 12.4. The molecule has 0 saturated carbocycles. The molecule has 0 bridgehead atoms. The van der Waals surface area contributed by atoms with E-state index in [1.54, 1.807) is 0 Å². The Labute approximate surface area is 143 Å². The second kappa shape index (κ2) is 7.77. The fourth-order valence-electron chi connectivity index (χ4n) is 3.24. The molecule has 1 unspecified atom stereocenters. The van der Waals surface area contributed by atoms with Crippen molar-refractivity contribution in [3.05, 3.63) is 29.8 Å². The minimum Gasteiger partial charge on any atom is -0.340 e. The predicted octanol–water partition coefficient (Wildman–Crippen LogP) is 0.694. The van der Waals surface area contributed by atoms with Crippen LogP contribution in [0.3, 0.4) is 0 Å². The van der Waals surface area contributed by atoms with Crippen molar-refractivity contribution in [2.24, 2.45) is 0 Å². The van der Waals surface area contributed by atoms with E-state index < -0.39 is 0 Å². The molecule has 2 amide bonds. The molecular weight excluding hydrogens is 304 g/mol. The van der Waals surface area contributed by atoms with Crippen molar-refractivity contribution >= 4 is 17.5 Å². The van der Waals surface area contributed by atoms with Crippen molar-refractivity contribution in [1.29, 1.82) is 0 Å². The summed E-state index contributed by atoms with van der Waals surface area (Å²) >= 11 is 0. The lowest BCUT2D eigenvalue weighted by Crippen LogP contribution is -2.47. The number of carbonyl (C=O) groups excluding carboxylic acids is 2. The lowest BCUT2D eigenvalue weighted by atomic mass is 10.1. The molecule has 3 rings (SSSR count). The Bertz CT molecular complexity index is 590. The standard InChI is InChI=1S/C18H26N4O2/c1-21-8-10-22(11-9-21)17(23)13-14-4-2-5-15(12-14)20-18(24)16-6-3-7-19-16/h2,4-5,12,16,19H,3,6-11,13H2,1H3,(H,20,24). The van der Waals surface area contributed by atoms with E-state index in [9.17, 15) is 9.59 Å². The summed E-state index contributed by atoms with van der Waals surface area (Å²) in [6, 6.07) is 7.51. The summed E-state index contributed by atoms with van der Waals surface area (Å²) in [6.45, 7) is 4.34. The fourth-order valence-corrected chi connectivity index (χ4v) is 3.24. The van der Waals surface area contributed by atoms with E-state index in [4.69, 9.17) is 0 Å². The lowest BCUT2D eigenvalue weighted by molar-refractivity contribution is -0.132. The molecule has 2 N–H and O–H groups in total. The van der Waals surface area contributed by atoms with Gasteiger partial charge in [-0.3, -0.25) is 9.59 Å². The van der Waals surface area contributed by atoms with E-state index >= 15 is 0 Å². The molecule has 0 aromatic heterocycles. The molecule has 6 heteroatoms. The van der Waals surface area contributed by atoms with Crippen LogP contribution in [0.15, 0.2) is 24.3 Å². The average Bonchev–Trinajstić information content (AvgIpc) is 3.10. The Morgan fingerprint density at radius 2 is 2.04 bits per heavy atom. The van der Waals surface area contributed by atoms with Gasteiger partial charge >= 0.3 is 0 Å². The number of likely N-dealkylation sites (N-methyl/N-ethyl adjacent to an activating group) is 1. The molecule has 6 nitrogen and oxygen atoms in total. The maximum Gasteiger partial charge on any atom is 0.241 e. The Kier molecular flexibility index (Phi) is 5.48. The molecule has 1 atom stereocenters. The Balaban J connectivity index is 1.56. The van der Waals surface area contributed by atoms with Gasteiger partial charge in [0.1, 0.15) is 0 Å². The molecule has 2 fully saturated rings. The van der Waals surface area contributed by atoms with Gasteiger partial charge in [0.2, 0.25) is 11.8 Å². The van der Waals surface area contributed by atoms with Gasteiger partial charge in [0.25, 0.3) is 0 Å². The zero-order valence-corrected chi connectivity index (χ0v) is 14.3. The van der Waals surface area contributed by atoms with Crippen LogP contribution in [0.25, 0.3) is 0 Å². The second-order valence-electron chi connectivity index (χ2n) is 6.70. The SMILES string of the molecule is CN1CCN(C(=O)Cc2cccc(NC(=O)C3CCCN3)c2)CC1. The second-order valence-corrected chi connectivity index (χ2v) is 6.70. The number of carbonyl (C=O) groups is 2. The Morgan fingerprint density at radius 1 is 1.25 bits per heavy atom. The minimum absolute atomic E-state index is 0.00930. The van der Waals surface area contributed by atoms with E-state index in [0.29, 0.717) is 6.42 Å². The molecule has 2 saturated heterocycles. The van der Waals surface area contributed by atoms with Gasteiger partial charge < -0.3 is 20.4 Å². The summed E-state index contributed by atoms with van der Waals surface area (Å²) in [6.07, 6.45) is 2.31. The maximum absolute atomic E-state index is 12.4. The van der Waals surface area contributed by atoms with Crippen LogP contribution < -0.4 is 10.6 Å². The third-order valence-corrected chi connectivity index (χ3v) is 4.78. The Morgan fingerprint density at radius 3 is 2.75 bits per heavy atom. The van der Waals surface area contributed by atoms with Crippen LogP contribution in [0.1, 0.15) is 18.4 Å². The normalized spacial score (nSPS) is 21.7. The highest BCUT2D eigenvalue weighted by Gasteiger charge is 2.22. The smallest absolute Gasteiger partial charge is 0.241 e. The van der Waals surface area contributed by atoms with Gasteiger partial charge in [0, 0.05) is 31.9 Å². The first-order valence-corrected chi connectivity index (χ1v) is 8.71. The van der Waals surface area contributed by atoms with Crippen molar-refractivity contribution < 1.29 is 9.59 Å². The molecule has 0 spiro atoms. The highest BCUT2D eigenvalue weighted by molar-refractivity contribution is 5.95. The molecule has 130 valence electrons. The van der Waals surface area contributed by atoms with Gasteiger partial charge in [-0.05, 0) is 44.1 Å². The van der Waals surface area contributed by atoms with Crippen molar-refractivity contribution in [3.63, 3.8) is 0 Å². The molecule has 2 aliphatic heterocycles. The summed E-state index contributed by atoms with van der Waals surface area (Å²) in [7, 11) is 2.08. The average molecular weight is 330 g/mol. The van der Waals surface area contributed by atoms with Gasteiger partial charge in [-0.1, -0.05) is 12.1 Å². The van der Waals surface area contributed by atoms with Crippen molar-refractivity contribution in [1.82, 2.24) is 15.1 Å². The van der Waals surface area contributed by atoms with Crippen LogP contribution >= 0.6 is 0 Å². The van der Waals surface area contributed by atoms with Gasteiger partial charge in [-0.15, -0.1) is 0 Å². The predicted molar refractivity (Wildman–Crippen MR) is 93.9 cm³/mol. The first-order chi connectivity index (χ1) is 11.6. The third kappa shape index (κ3) is 4.33. The quantitative estimate of drug-likeness (QED) is 0.853. The van der Waals surface area contributed by atoms with Crippen LogP contribution in [0.4, 0.5) is 5.69 Å². The monoisotopic (exact) mass is 330 g/mol. The highest BCUT2D eigenvalue weighted by Crippen LogP contribution is 2.15. The number of anilines is 1. The van der Waals surface area contributed by atoms with E-state index in [1.165, 1.54) is 0 Å². The summed E-state index contributed by atoms with van der Waals surface area (Å²) in [5.74, 6) is 0.166. The van der Waals surface area contributed by atoms with Crippen LogP contribution in [0, 0.1) is 0 Å². The topological polar surface area (TPSA) is 64.7 Å². The molecule has 1 aromatic rings. The first kappa shape index (κ1) is 16.9. The first-order valence-electron chi connectivity index (χ1n) is 8.71. The molecule has 24 heavy (non-hydrogen) atoms. The van der Waals surface area contributed by atoms with E-state index in [1.807, 2.05) is 29.2 Å². The number of nitrogens with zero attached hydrogens (tertiary/aromatic N) is 2. The number of rotatable bonds is 4. The van der Waals surface area contributed by atoms with Gasteiger partial charge in [-0.25, -0.2) is 0 Å². The number of hydrogen-bond donors (Lipinski definition) is 2. The van der Waals surface area contributed by atoms with Crippen LogP contribution in [0.5, 0.6) is 0 Å². The molecule has 0 radical (unpaired) electrons. The summed E-state index contributed by atoms with van der Waals surface area (Å²) in [5, 5.41) is 6.14. The number of piperazine rings is 1.